The van der Waals surface area contributed by atoms with Crippen LogP contribution in [-0.2, 0) is 0 Å². The molecule has 1 aromatic rings. The fourth-order valence-corrected chi connectivity index (χ4v) is 1.41. The molecule has 0 saturated heterocycles. The molecule has 0 atom stereocenters. The topological polar surface area (TPSA) is 42.0 Å². The lowest BCUT2D eigenvalue weighted by atomic mass is 10.4. The molecule has 0 aliphatic heterocycles. The summed E-state index contributed by atoms with van der Waals surface area (Å²) in [7, 11) is 0. The van der Waals surface area contributed by atoms with Gasteiger partial charge in [-0.15, -0.1) is 6.42 Å². The Morgan fingerprint density at radius 1 is 1.92 bits per heavy atom. The van der Waals surface area contributed by atoms with Gasteiger partial charge >= 0.3 is 0 Å². The number of halogens is 1. The molecule has 0 aromatic carbocycles. The molecular formula is C7H5ClN2OS. The second kappa shape index (κ2) is 4.10. The Morgan fingerprint density at radius 3 is 3.17 bits per heavy atom. The van der Waals surface area contributed by atoms with Gasteiger partial charge in [0.15, 0.2) is 0 Å². The number of amides is 1. The standard InChI is InChI=1S/C7H5ClN2OS/c1-2-3-9-7(11)5-4-6(8)10-12-5/h1,4H,3H2,(H,9,11). The Hall–Kier alpha value is -1.05. The van der Waals surface area contributed by atoms with Gasteiger partial charge in [-0.3, -0.25) is 4.79 Å². The number of aromatic nitrogens is 1. The summed E-state index contributed by atoms with van der Waals surface area (Å²) >= 11 is 6.56. The molecule has 0 unspecified atom stereocenters. The van der Waals surface area contributed by atoms with E-state index in [1.165, 1.54) is 6.07 Å². The van der Waals surface area contributed by atoms with E-state index in [1.807, 2.05) is 0 Å². The summed E-state index contributed by atoms with van der Waals surface area (Å²) in [6, 6.07) is 1.50. The first kappa shape index (κ1) is 9.04. The van der Waals surface area contributed by atoms with Crippen LogP contribution in [0, 0.1) is 12.3 Å². The summed E-state index contributed by atoms with van der Waals surface area (Å²) in [5, 5.41) is 2.82. The van der Waals surface area contributed by atoms with Crippen molar-refractivity contribution in [2.24, 2.45) is 0 Å². The highest BCUT2D eigenvalue weighted by molar-refractivity contribution is 7.08. The van der Waals surface area contributed by atoms with E-state index in [4.69, 9.17) is 18.0 Å². The lowest BCUT2D eigenvalue weighted by Crippen LogP contribution is -2.22. The number of carbonyl (C=O) groups is 1. The van der Waals surface area contributed by atoms with Crippen LogP contribution < -0.4 is 5.32 Å². The molecule has 0 bridgehead atoms. The molecule has 0 aliphatic carbocycles. The molecular weight excluding hydrogens is 196 g/mol. The summed E-state index contributed by atoms with van der Waals surface area (Å²) in [4.78, 5) is 11.6. The molecule has 0 radical (unpaired) electrons. The van der Waals surface area contributed by atoms with Crippen LogP contribution in [0.5, 0.6) is 0 Å². The molecule has 12 heavy (non-hydrogen) atoms. The van der Waals surface area contributed by atoms with Crippen molar-refractivity contribution in [3.63, 3.8) is 0 Å². The van der Waals surface area contributed by atoms with E-state index in [1.54, 1.807) is 0 Å². The minimum atomic E-state index is -0.239. The number of rotatable bonds is 2. The largest absolute Gasteiger partial charge is 0.340 e. The second-order valence-corrected chi connectivity index (χ2v) is 3.09. The highest BCUT2D eigenvalue weighted by Crippen LogP contribution is 2.13. The Morgan fingerprint density at radius 2 is 2.67 bits per heavy atom. The zero-order valence-electron chi connectivity index (χ0n) is 6.00. The van der Waals surface area contributed by atoms with Gasteiger partial charge in [0, 0.05) is 6.07 Å². The molecule has 3 nitrogen and oxygen atoms in total. The first-order valence-electron chi connectivity index (χ1n) is 3.08. The molecule has 5 heteroatoms. The molecule has 0 saturated carbocycles. The highest BCUT2D eigenvalue weighted by atomic mass is 35.5. The quantitative estimate of drug-likeness (QED) is 0.728. The normalized spacial score (nSPS) is 9.00. The van der Waals surface area contributed by atoms with Crippen molar-refractivity contribution in [1.29, 1.82) is 0 Å². The summed E-state index contributed by atoms with van der Waals surface area (Å²) in [6.07, 6.45) is 4.96. The van der Waals surface area contributed by atoms with E-state index in [0.717, 1.165) is 11.5 Å². The summed E-state index contributed by atoms with van der Waals surface area (Å²) in [5.74, 6) is 2.06. The van der Waals surface area contributed by atoms with Gasteiger partial charge in [-0.1, -0.05) is 17.5 Å². The fraction of sp³-hybridized carbons (Fsp3) is 0.143. The number of carbonyl (C=O) groups excluding carboxylic acids is 1. The van der Waals surface area contributed by atoms with Crippen LogP contribution in [0.4, 0.5) is 0 Å². The minimum absolute atomic E-state index is 0.217. The molecule has 1 amide bonds. The Bertz CT molecular complexity index is 328. The van der Waals surface area contributed by atoms with Crippen LogP contribution in [-0.4, -0.2) is 16.8 Å². The number of nitrogens with one attached hydrogen (secondary N) is 1. The molecule has 1 rings (SSSR count). The predicted molar refractivity (Wildman–Crippen MR) is 48.3 cm³/mol. The van der Waals surface area contributed by atoms with Crippen molar-refractivity contribution in [2.45, 2.75) is 0 Å². The fourth-order valence-electron chi connectivity index (χ4n) is 0.579. The van der Waals surface area contributed by atoms with Crippen LogP contribution in [0.1, 0.15) is 9.67 Å². The van der Waals surface area contributed by atoms with Crippen molar-refractivity contribution >= 4 is 29.0 Å². The van der Waals surface area contributed by atoms with Gasteiger partial charge < -0.3 is 5.32 Å². The van der Waals surface area contributed by atoms with Crippen molar-refractivity contribution in [3.05, 3.63) is 16.1 Å². The Kier molecular flexibility index (Phi) is 3.09. The molecule has 62 valence electrons. The number of hydrogen-bond acceptors (Lipinski definition) is 3. The van der Waals surface area contributed by atoms with E-state index >= 15 is 0 Å². The van der Waals surface area contributed by atoms with Gasteiger partial charge in [0.05, 0.1) is 6.54 Å². The second-order valence-electron chi connectivity index (χ2n) is 1.90. The van der Waals surface area contributed by atoms with Crippen LogP contribution in [0.2, 0.25) is 5.15 Å². The smallest absolute Gasteiger partial charge is 0.263 e. The lowest BCUT2D eigenvalue weighted by Gasteiger charge is -1.94. The van der Waals surface area contributed by atoms with Gasteiger partial charge in [-0.05, 0) is 11.5 Å². The van der Waals surface area contributed by atoms with Gasteiger partial charge in [0.2, 0.25) is 0 Å². The van der Waals surface area contributed by atoms with Gasteiger partial charge in [-0.2, -0.15) is 4.37 Å². The highest BCUT2D eigenvalue weighted by Gasteiger charge is 2.07. The Balaban J connectivity index is 2.61. The van der Waals surface area contributed by atoms with E-state index in [-0.39, 0.29) is 12.5 Å². The number of hydrogen-bond donors (Lipinski definition) is 1. The maximum absolute atomic E-state index is 11.1. The van der Waals surface area contributed by atoms with Crippen molar-refractivity contribution in [3.8, 4) is 12.3 Å². The maximum atomic E-state index is 11.1. The molecule has 1 N–H and O–H groups in total. The van der Waals surface area contributed by atoms with Crippen LogP contribution in [0.15, 0.2) is 6.07 Å². The molecule has 0 aliphatic rings. The van der Waals surface area contributed by atoms with Crippen LogP contribution >= 0.6 is 23.1 Å². The van der Waals surface area contributed by atoms with E-state index in [9.17, 15) is 4.79 Å². The SMILES string of the molecule is C#CCNC(=O)c1cc(Cl)ns1. The predicted octanol–water partition coefficient (Wildman–Crippen LogP) is 1.16. The van der Waals surface area contributed by atoms with Crippen molar-refractivity contribution < 1.29 is 4.79 Å². The molecule has 1 heterocycles. The first-order chi connectivity index (χ1) is 5.74. The van der Waals surface area contributed by atoms with E-state index in [0.29, 0.717) is 10.0 Å². The van der Waals surface area contributed by atoms with E-state index < -0.39 is 0 Å². The average Bonchev–Trinajstić information content (AvgIpc) is 2.47. The summed E-state index contributed by atoms with van der Waals surface area (Å²) in [5.41, 5.74) is 0. The van der Waals surface area contributed by atoms with Gasteiger partial charge in [0.1, 0.15) is 10.0 Å². The number of terminal acetylenes is 1. The van der Waals surface area contributed by atoms with Crippen molar-refractivity contribution in [1.82, 2.24) is 9.69 Å². The lowest BCUT2D eigenvalue weighted by molar-refractivity contribution is 0.0962. The molecule has 0 spiro atoms. The third-order valence-corrected chi connectivity index (χ3v) is 2.14. The van der Waals surface area contributed by atoms with Crippen LogP contribution in [0.3, 0.4) is 0 Å². The minimum Gasteiger partial charge on any atom is -0.340 e. The van der Waals surface area contributed by atoms with Crippen molar-refractivity contribution in [2.75, 3.05) is 6.54 Å². The van der Waals surface area contributed by atoms with Crippen LogP contribution in [0.25, 0.3) is 0 Å². The number of nitrogens with zero attached hydrogens (tertiary/aromatic N) is 1. The third kappa shape index (κ3) is 2.22. The summed E-state index contributed by atoms with van der Waals surface area (Å²) < 4.78 is 3.74. The zero-order chi connectivity index (χ0) is 8.97. The van der Waals surface area contributed by atoms with Gasteiger partial charge in [0.25, 0.3) is 5.91 Å². The third-order valence-electron chi connectivity index (χ3n) is 1.06. The average molecular weight is 201 g/mol. The van der Waals surface area contributed by atoms with Gasteiger partial charge in [-0.25, -0.2) is 0 Å². The molecule has 1 aromatic heterocycles. The first-order valence-corrected chi connectivity index (χ1v) is 4.23. The van der Waals surface area contributed by atoms with E-state index in [2.05, 4.69) is 15.6 Å². The Labute approximate surface area is 78.9 Å². The molecule has 0 fully saturated rings. The summed E-state index contributed by atoms with van der Waals surface area (Å²) in [6.45, 7) is 0.217. The maximum Gasteiger partial charge on any atom is 0.263 e. The monoisotopic (exact) mass is 200 g/mol. The zero-order valence-corrected chi connectivity index (χ0v) is 7.58.